The maximum Gasteiger partial charge on any atom is 0.396 e. The number of hydrogen-bond acceptors (Lipinski definition) is 7. The van der Waals surface area contributed by atoms with E-state index >= 15 is 0 Å². The summed E-state index contributed by atoms with van der Waals surface area (Å²) in [5.74, 6) is -2.21. The van der Waals surface area contributed by atoms with Gasteiger partial charge in [0.1, 0.15) is 17.8 Å². The highest BCUT2D eigenvalue weighted by Crippen LogP contribution is 2.53. The molecule has 3 atom stereocenters. The molecule has 1 aliphatic heterocycles. The number of rotatable bonds is 8. The number of benzene rings is 1. The van der Waals surface area contributed by atoms with Gasteiger partial charge in [-0.25, -0.2) is 4.39 Å². The second-order valence-electron chi connectivity index (χ2n) is 9.88. The first-order valence-electron chi connectivity index (χ1n) is 11.9. The Balaban J connectivity index is 1.32. The molecule has 3 aliphatic rings. The lowest BCUT2D eigenvalue weighted by atomic mass is 9.91. The van der Waals surface area contributed by atoms with Gasteiger partial charge in [0.2, 0.25) is 0 Å². The van der Waals surface area contributed by atoms with Crippen LogP contribution in [0.3, 0.4) is 0 Å². The number of phenols is 1. The SMILES string of the molecule is CCC1(OC)CN(c2nc(C(=O)Nc3cc(O)c(OC4CC5C[C@H]5C4)c(F)c3)c(CC(F)(F)F)o2)C1. The zero-order valence-electron chi connectivity index (χ0n) is 19.8. The lowest BCUT2D eigenvalue weighted by Crippen LogP contribution is -2.62. The van der Waals surface area contributed by atoms with E-state index in [0.29, 0.717) is 31.3 Å². The average Bonchev–Trinajstić information content (AvgIpc) is 3.17. The first-order chi connectivity index (χ1) is 17.0. The minimum Gasteiger partial charge on any atom is -0.504 e. The van der Waals surface area contributed by atoms with Crippen LogP contribution in [0.2, 0.25) is 0 Å². The first-order valence-corrected chi connectivity index (χ1v) is 11.9. The Kier molecular flexibility index (Phi) is 6.05. The molecule has 1 amide bonds. The van der Waals surface area contributed by atoms with E-state index in [2.05, 4.69) is 10.3 Å². The number of phenolic OH excluding ortho intramolecular Hbond substituents is 1. The Morgan fingerprint density at radius 2 is 1.97 bits per heavy atom. The van der Waals surface area contributed by atoms with Gasteiger partial charge in [-0.2, -0.15) is 18.2 Å². The number of ether oxygens (including phenoxy) is 2. The van der Waals surface area contributed by atoms with Crippen LogP contribution < -0.4 is 15.0 Å². The average molecular weight is 513 g/mol. The molecule has 3 fully saturated rings. The Morgan fingerprint density at radius 3 is 2.56 bits per heavy atom. The maximum absolute atomic E-state index is 14.7. The summed E-state index contributed by atoms with van der Waals surface area (Å²) in [6.45, 7) is 2.61. The summed E-state index contributed by atoms with van der Waals surface area (Å²) in [6, 6.07) is 1.89. The van der Waals surface area contributed by atoms with Gasteiger partial charge in [0.05, 0.1) is 19.2 Å². The van der Waals surface area contributed by atoms with E-state index in [9.17, 15) is 27.5 Å². The molecule has 2 aromatic rings. The van der Waals surface area contributed by atoms with Gasteiger partial charge < -0.3 is 29.2 Å². The fourth-order valence-corrected chi connectivity index (χ4v) is 5.12. The number of oxazole rings is 1. The number of aromatic nitrogens is 1. The van der Waals surface area contributed by atoms with E-state index in [1.54, 1.807) is 12.0 Å². The Bertz CT molecular complexity index is 1120. The molecule has 1 aromatic carbocycles. The van der Waals surface area contributed by atoms with Crippen LogP contribution in [-0.4, -0.2) is 54.1 Å². The number of halogens is 4. The summed E-state index contributed by atoms with van der Waals surface area (Å²) in [5, 5.41) is 12.6. The number of carbonyl (C=O) groups is 1. The summed E-state index contributed by atoms with van der Waals surface area (Å²) in [7, 11) is 1.55. The molecule has 0 spiro atoms. The first kappa shape index (κ1) is 24.7. The molecule has 12 heteroatoms. The van der Waals surface area contributed by atoms with Crippen molar-refractivity contribution in [2.75, 3.05) is 30.4 Å². The van der Waals surface area contributed by atoms with Crippen molar-refractivity contribution in [3.63, 3.8) is 0 Å². The van der Waals surface area contributed by atoms with E-state index in [1.165, 1.54) is 0 Å². The smallest absolute Gasteiger partial charge is 0.396 e. The van der Waals surface area contributed by atoms with Crippen LogP contribution in [-0.2, 0) is 11.2 Å². The van der Waals surface area contributed by atoms with Crippen molar-refractivity contribution in [1.29, 1.82) is 0 Å². The van der Waals surface area contributed by atoms with Gasteiger partial charge in [0.25, 0.3) is 11.9 Å². The number of fused-ring (bicyclic) bond motifs is 1. The number of nitrogens with one attached hydrogen (secondary N) is 1. The number of hydrogen-bond donors (Lipinski definition) is 2. The van der Waals surface area contributed by atoms with Gasteiger partial charge >= 0.3 is 6.18 Å². The van der Waals surface area contributed by atoms with Crippen molar-refractivity contribution in [3.8, 4) is 11.5 Å². The lowest BCUT2D eigenvalue weighted by molar-refractivity contribution is -0.130. The van der Waals surface area contributed by atoms with Crippen molar-refractivity contribution < 1.29 is 41.4 Å². The van der Waals surface area contributed by atoms with Crippen LogP contribution >= 0.6 is 0 Å². The standard InChI is InChI=1S/C24H27F4N3O5/c1-3-23(34-2)10-31(11-23)22-30-19(18(36-22)9-24(26,27)28)21(33)29-14-7-16(25)20(17(32)8-14)35-15-5-12-4-13(12)6-15/h7-8,12-13,15,32H,3-6,9-11H2,1-2H3,(H,29,33)/t12-,13?,15?/m0/s1. The highest BCUT2D eigenvalue weighted by atomic mass is 19.4. The zero-order chi connectivity index (χ0) is 25.8. The normalized spacial score (nSPS) is 24.3. The van der Waals surface area contributed by atoms with Crippen molar-refractivity contribution >= 4 is 17.6 Å². The third-order valence-corrected chi connectivity index (χ3v) is 7.33. The third-order valence-electron chi connectivity index (χ3n) is 7.33. The molecule has 2 heterocycles. The highest BCUT2D eigenvalue weighted by Gasteiger charge is 2.47. The molecule has 1 aromatic heterocycles. The van der Waals surface area contributed by atoms with Crippen molar-refractivity contribution in [1.82, 2.24) is 4.98 Å². The van der Waals surface area contributed by atoms with Crippen LogP contribution in [0.1, 0.15) is 48.9 Å². The van der Waals surface area contributed by atoms with Crippen molar-refractivity contribution in [2.45, 2.75) is 56.9 Å². The Hall–Kier alpha value is -3.02. The summed E-state index contributed by atoms with van der Waals surface area (Å²) in [5.41, 5.74) is -1.19. The number of alkyl halides is 3. The van der Waals surface area contributed by atoms with Crippen LogP contribution in [0.5, 0.6) is 11.5 Å². The molecule has 2 saturated carbocycles. The van der Waals surface area contributed by atoms with Crippen molar-refractivity contribution in [3.05, 3.63) is 29.4 Å². The molecule has 1 saturated heterocycles. The number of carbonyl (C=O) groups excluding carboxylic acids is 1. The largest absolute Gasteiger partial charge is 0.504 e. The molecule has 0 radical (unpaired) electrons. The Morgan fingerprint density at radius 1 is 1.28 bits per heavy atom. The van der Waals surface area contributed by atoms with Crippen LogP contribution in [0, 0.1) is 17.7 Å². The van der Waals surface area contributed by atoms with Crippen LogP contribution in [0.15, 0.2) is 16.5 Å². The molecule has 2 unspecified atom stereocenters. The van der Waals surface area contributed by atoms with Gasteiger partial charge in [-0.15, -0.1) is 0 Å². The maximum atomic E-state index is 14.7. The van der Waals surface area contributed by atoms with Gasteiger partial charge in [-0.05, 0) is 37.5 Å². The summed E-state index contributed by atoms with van der Waals surface area (Å²) < 4.78 is 70.5. The van der Waals surface area contributed by atoms with E-state index < -0.39 is 47.1 Å². The number of anilines is 2. The number of aromatic hydroxyl groups is 1. The van der Waals surface area contributed by atoms with E-state index in [0.717, 1.165) is 31.4 Å². The number of amides is 1. The monoisotopic (exact) mass is 513 g/mol. The third kappa shape index (κ3) is 4.82. The second-order valence-corrected chi connectivity index (χ2v) is 9.88. The molecule has 0 bridgehead atoms. The topological polar surface area (TPSA) is 97.1 Å². The van der Waals surface area contributed by atoms with E-state index in [1.807, 2.05) is 6.92 Å². The van der Waals surface area contributed by atoms with Gasteiger partial charge in [-0.1, -0.05) is 6.92 Å². The van der Waals surface area contributed by atoms with Crippen LogP contribution in [0.4, 0.5) is 29.3 Å². The highest BCUT2D eigenvalue weighted by molar-refractivity contribution is 6.04. The van der Waals surface area contributed by atoms with E-state index in [-0.39, 0.29) is 23.6 Å². The van der Waals surface area contributed by atoms with Gasteiger partial charge in [0.15, 0.2) is 23.0 Å². The van der Waals surface area contributed by atoms with Gasteiger partial charge in [-0.3, -0.25) is 4.79 Å². The number of methoxy groups -OCH3 is 1. The van der Waals surface area contributed by atoms with Gasteiger partial charge in [0, 0.05) is 24.9 Å². The molecule has 5 rings (SSSR count). The predicted molar refractivity (Wildman–Crippen MR) is 120 cm³/mol. The minimum absolute atomic E-state index is 0.132. The molecular weight excluding hydrogens is 486 g/mol. The summed E-state index contributed by atoms with van der Waals surface area (Å²) >= 11 is 0. The van der Waals surface area contributed by atoms with E-state index in [4.69, 9.17) is 13.9 Å². The minimum atomic E-state index is -4.65. The molecule has 36 heavy (non-hydrogen) atoms. The van der Waals surface area contributed by atoms with Crippen molar-refractivity contribution in [2.24, 2.45) is 11.8 Å². The molecule has 8 nitrogen and oxygen atoms in total. The fraction of sp³-hybridized carbons (Fsp3) is 0.583. The molecule has 2 N–H and O–H groups in total. The Labute approximate surface area is 204 Å². The fourth-order valence-electron chi connectivity index (χ4n) is 5.12. The second kappa shape index (κ2) is 8.82. The zero-order valence-corrected chi connectivity index (χ0v) is 19.8. The lowest BCUT2D eigenvalue weighted by Gasteiger charge is -2.47. The molecule has 2 aliphatic carbocycles. The molecular formula is C24H27F4N3O5. The summed E-state index contributed by atoms with van der Waals surface area (Å²) in [6.07, 6.45) is -2.89. The summed E-state index contributed by atoms with van der Waals surface area (Å²) in [4.78, 5) is 18.4. The van der Waals surface area contributed by atoms with Crippen LogP contribution in [0.25, 0.3) is 0 Å². The molecule has 196 valence electrons. The quantitative estimate of drug-likeness (QED) is 0.495. The predicted octanol–water partition coefficient (Wildman–Crippen LogP) is 4.67. The number of nitrogens with zero attached hydrogens (tertiary/aromatic N) is 2.